The number of hydrogen-bond acceptors (Lipinski definition) is 6. The van der Waals surface area contributed by atoms with Crippen molar-refractivity contribution in [1.29, 1.82) is 0 Å². The monoisotopic (exact) mass is 381 g/mol. The minimum Gasteiger partial charge on any atom is -0.362 e. The topological polar surface area (TPSA) is 53.1 Å². The standard InChI is InChI=1S/C21H27N5S/c1-26(2)20-18-7-3-4-8-19(18)24-21(25-20)23-16-11-9-15(10-12-16)22-14-17-6-5-13-27-17/h3-8,13,15-16,22H,9-12,14H2,1-2H3,(H,23,24,25). The van der Waals surface area contributed by atoms with Gasteiger partial charge in [-0.1, -0.05) is 18.2 Å². The highest BCUT2D eigenvalue weighted by Gasteiger charge is 2.22. The summed E-state index contributed by atoms with van der Waals surface area (Å²) < 4.78 is 0. The molecular weight excluding hydrogens is 354 g/mol. The first-order valence-corrected chi connectivity index (χ1v) is 10.5. The van der Waals surface area contributed by atoms with Gasteiger partial charge in [0.2, 0.25) is 5.95 Å². The minimum atomic E-state index is 0.445. The third-order valence-corrected chi connectivity index (χ3v) is 6.09. The summed E-state index contributed by atoms with van der Waals surface area (Å²) in [5.41, 5.74) is 0.991. The predicted octanol–water partition coefficient (Wildman–Crippen LogP) is 4.27. The Hall–Kier alpha value is -2.18. The Morgan fingerprint density at radius 2 is 1.78 bits per heavy atom. The number of para-hydroxylation sites is 1. The first kappa shape index (κ1) is 18.2. The number of hydrogen-bond donors (Lipinski definition) is 2. The van der Waals surface area contributed by atoms with Crippen LogP contribution < -0.4 is 15.5 Å². The van der Waals surface area contributed by atoms with E-state index in [9.17, 15) is 0 Å². The van der Waals surface area contributed by atoms with Gasteiger partial charge < -0.3 is 15.5 Å². The maximum absolute atomic E-state index is 4.77. The van der Waals surface area contributed by atoms with Gasteiger partial charge in [0, 0.05) is 43.0 Å². The lowest BCUT2D eigenvalue weighted by atomic mass is 9.91. The molecule has 1 aliphatic rings. The van der Waals surface area contributed by atoms with Crippen LogP contribution in [0.5, 0.6) is 0 Å². The fraction of sp³-hybridized carbons (Fsp3) is 0.429. The smallest absolute Gasteiger partial charge is 0.225 e. The number of thiophene rings is 1. The van der Waals surface area contributed by atoms with Crippen molar-refractivity contribution >= 4 is 34.0 Å². The van der Waals surface area contributed by atoms with Crippen LogP contribution in [0.1, 0.15) is 30.6 Å². The number of rotatable bonds is 6. The first-order chi connectivity index (χ1) is 13.2. The van der Waals surface area contributed by atoms with Gasteiger partial charge in [0.1, 0.15) is 5.82 Å². The lowest BCUT2D eigenvalue weighted by molar-refractivity contribution is 0.353. The number of benzene rings is 1. The van der Waals surface area contributed by atoms with Crippen LogP contribution in [0.25, 0.3) is 10.9 Å². The number of nitrogens with one attached hydrogen (secondary N) is 2. The summed E-state index contributed by atoms with van der Waals surface area (Å²) in [5.74, 6) is 1.71. The molecule has 27 heavy (non-hydrogen) atoms. The number of anilines is 2. The van der Waals surface area contributed by atoms with Gasteiger partial charge in [-0.3, -0.25) is 0 Å². The molecule has 1 aliphatic carbocycles. The van der Waals surface area contributed by atoms with Gasteiger partial charge in [-0.25, -0.2) is 4.98 Å². The Kier molecular flexibility index (Phi) is 5.55. The highest BCUT2D eigenvalue weighted by molar-refractivity contribution is 7.09. The van der Waals surface area contributed by atoms with Gasteiger partial charge in [0.05, 0.1) is 5.52 Å². The van der Waals surface area contributed by atoms with Gasteiger partial charge in [-0.2, -0.15) is 4.98 Å². The summed E-state index contributed by atoms with van der Waals surface area (Å²) in [6.07, 6.45) is 4.68. The summed E-state index contributed by atoms with van der Waals surface area (Å²) in [5, 5.41) is 10.5. The molecule has 1 aromatic carbocycles. The third-order valence-electron chi connectivity index (χ3n) is 5.21. The lowest BCUT2D eigenvalue weighted by Gasteiger charge is -2.30. The molecule has 6 heteroatoms. The fourth-order valence-electron chi connectivity index (χ4n) is 3.75. The summed E-state index contributed by atoms with van der Waals surface area (Å²) in [4.78, 5) is 13.0. The van der Waals surface area contributed by atoms with Crippen LogP contribution in [-0.2, 0) is 6.54 Å². The zero-order valence-corrected chi connectivity index (χ0v) is 16.8. The number of fused-ring (bicyclic) bond motifs is 1. The third kappa shape index (κ3) is 4.39. The highest BCUT2D eigenvalue weighted by Crippen LogP contribution is 2.26. The van der Waals surface area contributed by atoms with E-state index in [0.29, 0.717) is 12.1 Å². The maximum atomic E-state index is 4.77. The molecule has 0 amide bonds. The first-order valence-electron chi connectivity index (χ1n) is 9.65. The van der Waals surface area contributed by atoms with Gasteiger partial charge in [-0.05, 0) is 49.3 Å². The number of aromatic nitrogens is 2. The molecule has 0 bridgehead atoms. The molecular formula is C21H27N5S. The van der Waals surface area contributed by atoms with E-state index in [-0.39, 0.29) is 0 Å². The van der Waals surface area contributed by atoms with Crippen LogP contribution in [-0.4, -0.2) is 36.1 Å². The second-order valence-corrected chi connectivity index (χ2v) is 8.47. The molecule has 0 saturated heterocycles. The van der Waals surface area contributed by atoms with Crippen LogP contribution >= 0.6 is 11.3 Å². The summed E-state index contributed by atoms with van der Waals surface area (Å²) in [6, 6.07) is 13.6. The molecule has 3 aromatic rings. The lowest BCUT2D eigenvalue weighted by Crippen LogP contribution is -2.36. The molecule has 2 heterocycles. The molecule has 0 aliphatic heterocycles. The van der Waals surface area contributed by atoms with Crippen LogP contribution in [0.2, 0.25) is 0 Å². The van der Waals surface area contributed by atoms with E-state index in [1.807, 2.05) is 37.6 Å². The van der Waals surface area contributed by atoms with Gasteiger partial charge in [-0.15, -0.1) is 11.3 Å². The fourth-order valence-corrected chi connectivity index (χ4v) is 4.40. The number of nitrogens with zero attached hydrogens (tertiary/aromatic N) is 3. The molecule has 0 unspecified atom stereocenters. The van der Waals surface area contributed by atoms with Crippen molar-refractivity contribution in [3.63, 3.8) is 0 Å². The van der Waals surface area contributed by atoms with Gasteiger partial charge in [0.15, 0.2) is 0 Å². The van der Waals surface area contributed by atoms with Gasteiger partial charge >= 0.3 is 0 Å². The van der Waals surface area contributed by atoms with Crippen molar-refractivity contribution in [2.45, 2.75) is 44.3 Å². The van der Waals surface area contributed by atoms with Crippen LogP contribution in [0.15, 0.2) is 41.8 Å². The highest BCUT2D eigenvalue weighted by atomic mass is 32.1. The Balaban J connectivity index is 1.37. The molecule has 0 atom stereocenters. The van der Waals surface area contributed by atoms with E-state index in [0.717, 1.165) is 42.1 Å². The van der Waals surface area contributed by atoms with E-state index in [1.54, 1.807) is 0 Å². The van der Waals surface area contributed by atoms with Crippen molar-refractivity contribution in [1.82, 2.24) is 15.3 Å². The Morgan fingerprint density at radius 3 is 2.52 bits per heavy atom. The van der Waals surface area contributed by atoms with Crippen molar-refractivity contribution in [2.75, 3.05) is 24.3 Å². The molecule has 2 N–H and O–H groups in total. The second-order valence-electron chi connectivity index (χ2n) is 7.44. The molecule has 5 nitrogen and oxygen atoms in total. The molecule has 1 saturated carbocycles. The van der Waals surface area contributed by atoms with Crippen molar-refractivity contribution in [3.05, 3.63) is 46.7 Å². The van der Waals surface area contributed by atoms with Crippen LogP contribution in [0.3, 0.4) is 0 Å². The quantitative estimate of drug-likeness (QED) is 0.668. The summed E-state index contributed by atoms with van der Waals surface area (Å²) in [6.45, 7) is 0.987. The average Bonchev–Trinajstić information content (AvgIpc) is 3.20. The molecule has 0 spiro atoms. The second kappa shape index (κ2) is 8.23. The minimum absolute atomic E-state index is 0.445. The molecule has 142 valence electrons. The summed E-state index contributed by atoms with van der Waals surface area (Å²) >= 11 is 1.82. The largest absolute Gasteiger partial charge is 0.362 e. The average molecular weight is 382 g/mol. The molecule has 0 radical (unpaired) electrons. The SMILES string of the molecule is CN(C)c1nc(NC2CCC(NCc3cccs3)CC2)nc2ccccc12. The normalized spacial score (nSPS) is 19.9. The van der Waals surface area contributed by atoms with Crippen LogP contribution in [0, 0.1) is 0 Å². The van der Waals surface area contributed by atoms with E-state index in [1.165, 1.54) is 17.7 Å². The van der Waals surface area contributed by atoms with Crippen LogP contribution in [0.4, 0.5) is 11.8 Å². The Labute approximate surface area is 164 Å². The zero-order valence-electron chi connectivity index (χ0n) is 16.0. The van der Waals surface area contributed by atoms with E-state index >= 15 is 0 Å². The van der Waals surface area contributed by atoms with E-state index < -0.39 is 0 Å². The zero-order chi connectivity index (χ0) is 18.6. The molecule has 2 aromatic heterocycles. The summed E-state index contributed by atoms with van der Waals surface area (Å²) in [7, 11) is 4.06. The Bertz CT molecular complexity index is 869. The predicted molar refractivity (Wildman–Crippen MR) is 115 cm³/mol. The molecule has 4 rings (SSSR count). The van der Waals surface area contributed by atoms with Gasteiger partial charge in [0.25, 0.3) is 0 Å². The van der Waals surface area contributed by atoms with Crippen molar-refractivity contribution in [3.8, 4) is 0 Å². The van der Waals surface area contributed by atoms with E-state index in [4.69, 9.17) is 9.97 Å². The van der Waals surface area contributed by atoms with E-state index in [2.05, 4.69) is 45.2 Å². The maximum Gasteiger partial charge on any atom is 0.225 e. The molecule has 1 fully saturated rings. The van der Waals surface area contributed by atoms with Crippen molar-refractivity contribution < 1.29 is 0 Å². The van der Waals surface area contributed by atoms with Crippen molar-refractivity contribution in [2.24, 2.45) is 0 Å². The Morgan fingerprint density at radius 1 is 1.00 bits per heavy atom.